The number of amides is 1. The number of carboxylic acid groups (broad SMARTS) is 1. The molecule has 0 radical (unpaired) electrons. The number of rotatable bonds is 2. The average Bonchev–Trinajstić information content (AvgIpc) is 2.82. The number of fused-ring (bicyclic) bond motifs is 2. The molecule has 4 rings (SSSR count). The molecule has 4 fully saturated rings. The van der Waals surface area contributed by atoms with E-state index in [2.05, 4.69) is 0 Å². The molecular weight excluding hydrogens is 258 g/mol. The number of nitrogens with zero attached hydrogens (tertiary/aromatic N) is 1. The van der Waals surface area contributed by atoms with Gasteiger partial charge in [0.2, 0.25) is 5.91 Å². The number of aliphatic carboxylic acids is 1. The fraction of sp³-hybridized carbons (Fsp3) is 0.867. The van der Waals surface area contributed by atoms with E-state index in [0.29, 0.717) is 44.6 Å². The van der Waals surface area contributed by atoms with E-state index in [9.17, 15) is 14.7 Å². The predicted molar refractivity (Wildman–Crippen MR) is 69.9 cm³/mol. The third-order valence-electron chi connectivity index (χ3n) is 6.14. The zero-order valence-electron chi connectivity index (χ0n) is 11.6. The zero-order valence-corrected chi connectivity index (χ0v) is 11.6. The maximum atomic E-state index is 12.6. The molecule has 5 nitrogen and oxygen atoms in total. The van der Waals surface area contributed by atoms with Gasteiger partial charge in [0.1, 0.15) is 0 Å². The number of hydrogen-bond acceptors (Lipinski definition) is 3. The molecule has 0 spiro atoms. The summed E-state index contributed by atoms with van der Waals surface area (Å²) in [6.07, 6.45) is 4.17. The van der Waals surface area contributed by atoms with Gasteiger partial charge >= 0.3 is 5.97 Å². The molecule has 4 aliphatic rings. The lowest BCUT2D eigenvalue weighted by Crippen LogP contribution is -2.45. The van der Waals surface area contributed by atoms with Crippen LogP contribution in [0.1, 0.15) is 25.7 Å². The van der Waals surface area contributed by atoms with Crippen molar-refractivity contribution in [2.45, 2.75) is 25.7 Å². The Morgan fingerprint density at radius 2 is 2.00 bits per heavy atom. The first-order valence-electron chi connectivity index (χ1n) is 7.73. The Balaban J connectivity index is 1.51. The lowest BCUT2D eigenvalue weighted by atomic mass is 9.74. The van der Waals surface area contributed by atoms with Crippen molar-refractivity contribution in [3.63, 3.8) is 0 Å². The monoisotopic (exact) mass is 279 g/mol. The molecule has 0 aromatic heterocycles. The number of carbonyl (C=O) groups excluding carboxylic acids is 1. The molecule has 5 heteroatoms. The van der Waals surface area contributed by atoms with Crippen molar-refractivity contribution in [1.82, 2.24) is 4.90 Å². The normalized spacial score (nSPS) is 45.9. The van der Waals surface area contributed by atoms with Crippen molar-refractivity contribution in [2.24, 2.45) is 29.1 Å². The number of likely N-dealkylation sites (tertiary alicyclic amines) is 1. The van der Waals surface area contributed by atoms with Crippen LogP contribution in [0.3, 0.4) is 0 Å². The maximum absolute atomic E-state index is 12.6. The number of carbonyl (C=O) groups is 2. The van der Waals surface area contributed by atoms with Crippen molar-refractivity contribution < 1.29 is 19.4 Å². The molecule has 0 bridgehead atoms. The van der Waals surface area contributed by atoms with Gasteiger partial charge in [0.25, 0.3) is 0 Å². The minimum atomic E-state index is -0.753. The molecule has 20 heavy (non-hydrogen) atoms. The van der Waals surface area contributed by atoms with Crippen LogP contribution < -0.4 is 0 Å². The lowest BCUT2D eigenvalue weighted by Gasteiger charge is -2.33. The second kappa shape index (κ2) is 4.20. The van der Waals surface area contributed by atoms with Crippen LogP contribution in [0.2, 0.25) is 0 Å². The number of hydrogen-bond donors (Lipinski definition) is 1. The summed E-state index contributed by atoms with van der Waals surface area (Å²) in [6, 6.07) is 0. The SMILES string of the molecule is O=C(C1C2CCCC21)N1C[C@H]2COCC[C@@]2(C(=O)O)C1. The second-order valence-corrected chi connectivity index (χ2v) is 6.99. The summed E-state index contributed by atoms with van der Waals surface area (Å²) in [4.78, 5) is 26.2. The van der Waals surface area contributed by atoms with Crippen LogP contribution in [0.5, 0.6) is 0 Å². The van der Waals surface area contributed by atoms with E-state index in [1.807, 2.05) is 4.90 Å². The molecule has 2 aliphatic carbocycles. The highest BCUT2D eigenvalue weighted by molar-refractivity contribution is 5.85. The van der Waals surface area contributed by atoms with Crippen LogP contribution in [0, 0.1) is 29.1 Å². The molecule has 2 heterocycles. The second-order valence-electron chi connectivity index (χ2n) is 6.99. The standard InChI is InChI=1S/C15H21NO4/c17-13(12-10-2-1-3-11(10)12)16-6-9-7-20-5-4-15(9,8-16)14(18)19/h9-12H,1-8H2,(H,18,19)/t9-,10?,11?,12?,15+/m0/s1. The Morgan fingerprint density at radius 1 is 1.25 bits per heavy atom. The van der Waals surface area contributed by atoms with Gasteiger partial charge in [0, 0.05) is 31.5 Å². The topological polar surface area (TPSA) is 66.8 Å². The van der Waals surface area contributed by atoms with Crippen LogP contribution in [0.25, 0.3) is 0 Å². The van der Waals surface area contributed by atoms with Crippen LogP contribution in [0.15, 0.2) is 0 Å². The minimum absolute atomic E-state index is 0.0312. The summed E-state index contributed by atoms with van der Waals surface area (Å²) in [5, 5.41) is 9.62. The fourth-order valence-corrected chi connectivity index (χ4v) is 4.87. The molecule has 110 valence electrons. The Bertz CT molecular complexity index is 455. The van der Waals surface area contributed by atoms with E-state index in [4.69, 9.17) is 4.74 Å². The summed E-state index contributed by atoms with van der Waals surface area (Å²) < 4.78 is 5.44. The largest absolute Gasteiger partial charge is 0.481 e. The molecule has 4 atom stereocenters. The third-order valence-corrected chi connectivity index (χ3v) is 6.14. The smallest absolute Gasteiger partial charge is 0.311 e. The van der Waals surface area contributed by atoms with Crippen LogP contribution in [0.4, 0.5) is 0 Å². The van der Waals surface area contributed by atoms with Gasteiger partial charge < -0.3 is 14.7 Å². The highest BCUT2D eigenvalue weighted by Crippen LogP contribution is 2.58. The molecule has 0 aromatic carbocycles. The molecule has 1 N–H and O–H groups in total. The Hall–Kier alpha value is -1.10. The first kappa shape index (κ1) is 12.6. The highest BCUT2D eigenvalue weighted by atomic mass is 16.5. The minimum Gasteiger partial charge on any atom is -0.481 e. The zero-order chi connectivity index (χ0) is 13.9. The van der Waals surface area contributed by atoms with Gasteiger partial charge in [-0.1, -0.05) is 6.42 Å². The Morgan fingerprint density at radius 3 is 2.65 bits per heavy atom. The van der Waals surface area contributed by atoms with Crippen LogP contribution in [-0.4, -0.2) is 48.2 Å². The van der Waals surface area contributed by atoms with Gasteiger partial charge in [-0.2, -0.15) is 0 Å². The summed E-state index contributed by atoms with van der Waals surface area (Å²) >= 11 is 0. The van der Waals surface area contributed by atoms with Gasteiger partial charge in [-0.15, -0.1) is 0 Å². The van der Waals surface area contributed by atoms with Crippen molar-refractivity contribution in [3.8, 4) is 0 Å². The van der Waals surface area contributed by atoms with E-state index >= 15 is 0 Å². The first-order valence-corrected chi connectivity index (χ1v) is 7.73. The molecule has 1 amide bonds. The van der Waals surface area contributed by atoms with E-state index < -0.39 is 11.4 Å². The van der Waals surface area contributed by atoms with Crippen molar-refractivity contribution in [2.75, 3.05) is 26.3 Å². The summed E-state index contributed by atoms with van der Waals surface area (Å²) in [5.74, 6) is 0.836. The van der Waals surface area contributed by atoms with Crippen molar-refractivity contribution in [1.29, 1.82) is 0 Å². The number of carboxylic acids is 1. The maximum Gasteiger partial charge on any atom is 0.311 e. The molecule has 2 saturated carbocycles. The van der Waals surface area contributed by atoms with E-state index in [0.717, 1.165) is 0 Å². The van der Waals surface area contributed by atoms with Crippen molar-refractivity contribution >= 4 is 11.9 Å². The predicted octanol–water partition coefficient (Wildman–Crippen LogP) is 0.982. The van der Waals surface area contributed by atoms with E-state index in [1.165, 1.54) is 19.3 Å². The number of ether oxygens (including phenoxy) is 1. The Kier molecular flexibility index (Phi) is 2.65. The van der Waals surface area contributed by atoms with Gasteiger partial charge in [-0.3, -0.25) is 9.59 Å². The molecule has 2 saturated heterocycles. The summed E-state index contributed by atoms with van der Waals surface area (Å²) in [6.45, 7) is 1.94. The van der Waals surface area contributed by atoms with E-state index in [1.54, 1.807) is 0 Å². The van der Waals surface area contributed by atoms with Crippen LogP contribution in [-0.2, 0) is 14.3 Å². The quantitative estimate of drug-likeness (QED) is 0.818. The van der Waals surface area contributed by atoms with Crippen molar-refractivity contribution in [3.05, 3.63) is 0 Å². The fourth-order valence-electron chi connectivity index (χ4n) is 4.87. The van der Waals surface area contributed by atoms with Gasteiger partial charge in [-0.25, -0.2) is 0 Å². The summed E-state index contributed by atoms with van der Waals surface area (Å²) in [5.41, 5.74) is -0.752. The van der Waals surface area contributed by atoms with Gasteiger partial charge in [0.05, 0.1) is 12.0 Å². The summed E-state index contributed by atoms with van der Waals surface area (Å²) in [7, 11) is 0. The van der Waals surface area contributed by atoms with Gasteiger partial charge in [0.15, 0.2) is 0 Å². The van der Waals surface area contributed by atoms with Crippen LogP contribution >= 0.6 is 0 Å². The Labute approximate surface area is 118 Å². The molecule has 2 aliphatic heterocycles. The third kappa shape index (κ3) is 1.59. The lowest BCUT2D eigenvalue weighted by molar-refractivity contribution is -0.157. The molecule has 2 unspecified atom stereocenters. The molecular formula is C15H21NO4. The van der Waals surface area contributed by atoms with Gasteiger partial charge in [-0.05, 0) is 31.1 Å². The first-order chi connectivity index (χ1) is 9.63. The highest BCUT2D eigenvalue weighted by Gasteiger charge is 2.61. The average molecular weight is 279 g/mol. The molecule has 0 aromatic rings. The van der Waals surface area contributed by atoms with E-state index in [-0.39, 0.29) is 17.7 Å².